The maximum absolute atomic E-state index is 13.7. The van der Waals surface area contributed by atoms with E-state index < -0.39 is 35.5 Å². The monoisotopic (exact) mass is 501 g/mol. The van der Waals surface area contributed by atoms with Crippen LogP contribution in [-0.2, 0) is 30.5 Å². The van der Waals surface area contributed by atoms with Crippen molar-refractivity contribution in [3.63, 3.8) is 0 Å². The minimum absolute atomic E-state index is 0.0212. The number of carbonyl (C=O) groups excluding carboxylic acids is 4. The first kappa shape index (κ1) is 22.7. The van der Waals surface area contributed by atoms with Crippen molar-refractivity contribution in [3.8, 4) is 0 Å². The smallest absolute Gasteiger partial charge is 0.297 e. The quantitative estimate of drug-likeness (QED) is 0.440. The van der Waals surface area contributed by atoms with Gasteiger partial charge in [0.15, 0.2) is 0 Å². The van der Waals surface area contributed by atoms with E-state index in [0.717, 1.165) is 19.3 Å². The van der Waals surface area contributed by atoms with Gasteiger partial charge in [-0.15, -0.1) is 0 Å². The summed E-state index contributed by atoms with van der Waals surface area (Å²) in [5, 5.41) is -0.0519. The van der Waals surface area contributed by atoms with Crippen molar-refractivity contribution in [1.82, 2.24) is 14.7 Å². The van der Waals surface area contributed by atoms with Gasteiger partial charge in [0.25, 0.3) is 11.8 Å². The van der Waals surface area contributed by atoms with Crippen LogP contribution in [0.25, 0.3) is 0 Å². The van der Waals surface area contributed by atoms with E-state index in [9.17, 15) is 23.6 Å². The predicted octanol–water partition coefficient (Wildman–Crippen LogP) is 2.11. The van der Waals surface area contributed by atoms with Gasteiger partial charge in [0.05, 0.1) is 11.6 Å². The van der Waals surface area contributed by atoms with Crippen molar-refractivity contribution in [2.75, 3.05) is 20.3 Å². The molecule has 2 unspecified atom stereocenters. The number of rotatable bonds is 6. The Bertz CT molecular complexity index is 1200. The Labute approximate surface area is 206 Å². The van der Waals surface area contributed by atoms with Crippen molar-refractivity contribution in [1.29, 1.82) is 0 Å². The molecule has 2 saturated carbocycles. The van der Waals surface area contributed by atoms with Crippen LogP contribution >= 0.6 is 11.6 Å². The van der Waals surface area contributed by atoms with Gasteiger partial charge in [-0.05, 0) is 54.9 Å². The van der Waals surface area contributed by atoms with E-state index in [4.69, 9.17) is 16.3 Å². The van der Waals surface area contributed by atoms with Gasteiger partial charge in [-0.3, -0.25) is 24.1 Å². The van der Waals surface area contributed by atoms with Gasteiger partial charge < -0.3 is 14.5 Å². The summed E-state index contributed by atoms with van der Waals surface area (Å²) in [4.78, 5) is 58.4. The first-order valence-electron chi connectivity index (χ1n) is 12.0. The summed E-state index contributed by atoms with van der Waals surface area (Å²) in [6.07, 6.45) is 2.46. The van der Waals surface area contributed by atoms with E-state index in [0.29, 0.717) is 24.2 Å². The number of ketones is 1. The SMILES string of the molecule is COC[C@@H]1C[C@@H]1N1C(=O)C2=C3CCN(Cc4ccc(F)c(Cl)c4)C(=O)C3C(=O)C(=O)N2C1C1CC1. The molecule has 3 heterocycles. The van der Waals surface area contributed by atoms with Crippen LogP contribution in [0.2, 0.25) is 5.02 Å². The lowest BCUT2D eigenvalue weighted by Crippen LogP contribution is -2.55. The second-order valence-corrected chi connectivity index (χ2v) is 10.5. The Morgan fingerprint density at radius 2 is 1.91 bits per heavy atom. The molecule has 0 spiro atoms. The van der Waals surface area contributed by atoms with E-state index in [1.54, 1.807) is 12.0 Å². The second-order valence-electron chi connectivity index (χ2n) is 10.1. The fourth-order valence-electron chi connectivity index (χ4n) is 5.89. The summed E-state index contributed by atoms with van der Waals surface area (Å²) >= 11 is 5.88. The molecule has 8 nitrogen and oxygen atoms in total. The number of methoxy groups -OCH3 is 1. The van der Waals surface area contributed by atoms with Crippen LogP contribution in [0.1, 0.15) is 31.2 Å². The third kappa shape index (κ3) is 3.50. The van der Waals surface area contributed by atoms with Crippen molar-refractivity contribution in [3.05, 3.63) is 45.9 Å². The zero-order valence-corrected chi connectivity index (χ0v) is 20.0. The number of likely N-dealkylation sites (tertiary alicyclic amines) is 1. The molecule has 2 aliphatic carbocycles. The summed E-state index contributed by atoms with van der Waals surface area (Å²) < 4.78 is 18.8. The summed E-state index contributed by atoms with van der Waals surface area (Å²) in [7, 11) is 1.62. The molecule has 6 rings (SSSR count). The van der Waals surface area contributed by atoms with E-state index in [2.05, 4.69) is 0 Å². The van der Waals surface area contributed by atoms with Crippen LogP contribution in [0.4, 0.5) is 4.39 Å². The number of ether oxygens (including phenoxy) is 1. The number of fused-ring (bicyclic) bond motifs is 2. The number of hydrogen-bond acceptors (Lipinski definition) is 5. The zero-order valence-electron chi connectivity index (χ0n) is 19.2. The summed E-state index contributed by atoms with van der Waals surface area (Å²) in [6, 6.07) is 4.18. The number of Topliss-reactive ketones (excluding diaryl/α,β-unsaturated/α-hetero) is 1. The van der Waals surface area contributed by atoms with Crippen molar-refractivity contribution < 1.29 is 28.3 Å². The molecule has 2 saturated heterocycles. The Balaban J connectivity index is 1.33. The molecule has 4 atom stereocenters. The fourth-order valence-corrected chi connectivity index (χ4v) is 6.09. The first-order valence-corrected chi connectivity index (χ1v) is 12.3. The second kappa shape index (κ2) is 8.13. The van der Waals surface area contributed by atoms with Gasteiger partial charge in [-0.2, -0.15) is 0 Å². The van der Waals surface area contributed by atoms with Crippen molar-refractivity contribution in [2.45, 2.75) is 44.4 Å². The van der Waals surface area contributed by atoms with E-state index >= 15 is 0 Å². The standard InChI is InChI=1S/C25H25ClFN3O5/c1-35-11-14-9-18(14)29-22(13-3-4-13)30-20(24(29)33)15-6-7-28(23(32)19(15)21(31)25(30)34)10-12-2-5-17(27)16(26)8-12/h2,5,8,13-14,18-19,22H,3-4,6-7,9-11H2,1H3/t14-,18-,19?,22?/m0/s1. The van der Waals surface area contributed by atoms with Gasteiger partial charge in [-0.25, -0.2) is 4.39 Å². The van der Waals surface area contributed by atoms with Gasteiger partial charge in [0.1, 0.15) is 23.6 Å². The van der Waals surface area contributed by atoms with Crippen molar-refractivity contribution in [2.24, 2.45) is 17.8 Å². The lowest BCUT2D eigenvalue weighted by Gasteiger charge is -2.39. The fraction of sp³-hybridized carbons (Fsp3) is 0.520. The largest absolute Gasteiger partial charge is 0.384 e. The Morgan fingerprint density at radius 1 is 1.14 bits per heavy atom. The van der Waals surface area contributed by atoms with E-state index in [1.807, 2.05) is 0 Å². The molecule has 10 heteroatoms. The minimum atomic E-state index is -1.28. The van der Waals surface area contributed by atoms with Gasteiger partial charge in [-0.1, -0.05) is 17.7 Å². The number of piperidine rings is 1. The summed E-state index contributed by atoms with van der Waals surface area (Å²) in [5.41, 5.74) is 1.30. The molecule has 3 aliphatic heterocycles. The average Bonchev–Trinajstić information content (AvgIpc) is 3.75. The third-order valence-corrected chi connectivity index (χ3v) is 8.10. The summed E-state index contributed by atoms with van der Waals surface area (Å²) in [6.45, 7) is 0.957. The highest BCUT2D eigenvalue weighted by atomic mass is 35.5. The van der Waals surface area contributed by atoms with Crippen molar-refractivity contribution >= 4 is 35.1 Å². The van der Waals surface area contributed by atoms with Crippen LogP contribution in [0, 0.1) is 23.6 Å². The number of carbonyl (C=O) groups is 4. The molecule has 5 aliphatic rings. The normalized spacial score (nSPS) is 30.3. The third-order valence-electron chi connectivity index (χ3n) is 7.81. The highest BCUT2D eigenvalue weighted by molar-refractivity contribution is 6.44. The van der Waals surface area contributed by atoms with Crippen LogP contribution in [0.3, 0.4) is 0 Å². The summed E-state index contributed by atoms with van der Waals surface area (Å²) in [5.74, 6) is -3.79. The molecule has 0 radical (unpaired) electrons. The van der Waals surface area contributed by atoms with Crippen LogP contribution in [0.15, 0.2) is 29.5 Å². The lowest BCUT2D eigenvalue weighted by molar-refractivity contribution is -0.154. The van der Waals surface area contributed by atoms with Gasteiger partial charge >= 0.3 is 0 Å². The molecule has 1 aromatic rings. The Morgan fingerprint density at radius 3 is 2.60 bits per heavy atom. The van der Waals surface area contributed by atoms with Gasteiger partial charge in [0, 0.05) is 32.2 Å². The Hall–Kier alpha value is -2.78. The molecule has 4 fully saturated rings. The molecule has 0 bridgehead atoms. The molecule has 35 heavy (non-hydrogen) atoms. The Kier molecular flexibility index (Phi) is 5.27. The highest BCUT2D eigenvalue weighted by Crippen LogP contribution is 2.51. The van der Waals surface area contributed by atoms with Crippen LogP contribution in [-0.4, -0.2) is 70.7 Å². The number of hydrogen-bond donors (Lipinski definition) is 0. The molecular weight excluding hydrogens is 477 g/mol. The van der Waals surface area contributed by atoms with Crippen LogP contribution < -0.4 is 0 Å². The molecule has 0 aromatic heterocycles. The lowest BCUT2D eigenvalue weighted by atomic mass is 9.82. The maximum atomic E-state index is 13.7. The first-order chi connectivity index (χ1) is 16.8. The maximum Gasteiger partial charge on any atom is 0.297 e. The molecule has 3 amide bonds. The van der Waals surface area contributed by atoms with Gasteiger partial charge in [0.2, 0.25) is 11.7 Å². The van der Waals surface area contributed by atoms with Crippen LogP contribution in [0.5, 0.6) is 0 Å². The topological polar surface area (TPSA) is 87.2 Å². The zero-order chi connectivity index (χ0) is 24.6. The predicted molar refractivity (Wildman–Crippen MR) is 121 cm³/mol. The minimum Gasteiger partial charge on any atom is -0.384 e. The van der Waals surface area contributed by atoms with E-state index in [1.165, 1.54) is 28.0 Å². The number of halogens is 2. The highest BCUT2D eigenvalue weighted by Gasteiger charge is 2.63. The number of nitrogens with zero attached hydrogens (tertiary/aromatic N) is 3. The molecule has 184 valence electrons. The molecular formula is C25H25ClFN3O5. The molecule has 1 aromatic carbocycles. The average molecular weight is 502 g/mol. The number of benzene rings is 1. The number of amides is 3. The van der Waals surface area contributed by atoms with E-state index in [-0.39, 0.29) is 47.6 Å². The molecule has 0 N–H and O–H groups in total.